The summed E-state index contributed by atoms with van der Waals surface area (Å²) < 4.78 is 30.2. The SMILES string of the molecule is O=C(COc1ccc(Cl)c(F)c1)NC12CC(c3nnc(Oc4ccc(C5CC5)nc4)o3)(C1)C2. The van der Waals surface area contributed by atoms with Gasteiger partial charge in [-0.05, 0) is 56.4 Å². The summed E-state index contributed by atoms with van der Waals surface area (Å²) in [5.41, 5.74) is 0.570. The van der Waals surface area contributed by atoms with Crippen molar-refractivity contribution < 1.29 is 23.1 Å². The summed E-state index contributed by atoms with van der Waals surface area (Å²) in [6.07, 6.45) is 6.27. The minimum atomic E-state index is -0.592. The monoisotopic (exact) mass is 470 g/mol. The molecule has 7 rings (SSSR count). The van der Waals surface area contributed by atoms with Crippen LogP contribution < -0.4 is 14.8 Å². The van der Waals surface area contributed by atoms with Crippen LogP contribution >= 0.6 is 11.6 Å². The van der Waals surface area contributed by atoms with Crippen LogP contribution in [0.5, 0.6) is 17.6 Å². The third-order valence-electron chi connectivity index (χ3n) is 6.52. The molecule has 1 amide bonds. The molecule has 4 saturated carbocycles. The summed E-state index contributed by atoms with van der Waals surface area (Å²) in [5, 5.41) is 11.2. The van der Waals surface area contributed by atoms with E-state index >= 15 is 0 Å². The molecule has 33 heavy (non-hydrogen) atoms. The number of nitrogens with one attached hydrogen (secondary N) is 1. The Balaban J connectivity index is 1.00. The standard InChI is InChI=1S/C23H20ClFN4O4/c24-16-5-3-14(7-17(16)25)31-9-19(30)27-23-10-22(11-23,12-23)20-28-29-21(33-20)32-15-4-6-18(26-8-15)13-1-2-13/h3-8,13H,1-2,9-12H2,(H,27,30). The smallest absolute Gasteiger partial charge is 0.420 e. The minimum Gasteiger partial charge on any atom is -0.484 e. The third-order valence-corrected chi connectivity index (χ3v) is 6.82. The molecule has 4 aliphatic carbocycles. The minimum absolute atomic E-state index is 0.00342. The number of hydrogen-bond acceptors (Lipinski definition) is 7. The molecule has 170 valence electrons. The summed E-state index contributed by atoms with van der Waals surface area (Å²) in [5.74, 6) is 1.04. The molecule has 3 aromatic rings. The van der Waals surface area contributed by atoms with Crippen LogP contribution in [0.3, 0.4) is 0 Å². The van der Waals surface area contributed by atoms with Crippen LogP contribution in [-0.4, -0.2) is 33.2 Å². The maximum absolute atomic E-state index is 13.5. The topological polar surface area (TPSA) is 99.4 Å². The van der Waals surface area contributed by atoms with Crippen LogP contribution in [-0.2, 0) is 10.2 Å². The second-order valence-electron chi connectivity index (χ2n) is 9.17. The number of halogens is 2. The highest BCUT2D eigenvalue weighted by Crippen LogP contribution is 2.67. The van der Waals surface area contributed by atoms with E-state index < -0.39 is 5.82 Å². The number of ether oxygens (including phenoxy) is 2. The van der Waals surface area contributed by atoms with E-state index in [-0.39, 0.29) is 40.3 Å². The van der Waals surface area contributed by atoms with Gasteiger partial charge in [0.25, 0.3) is 5.91 Å². The van der Waals surface area contributed by atoms with E-state index in [4.69, 9.17) is 25.5 Å². The van der Waals surface area contributed by atoms with Crippen molar-refractivity contribution in [1.82, 2.24) is 20.5 Å². The van der Waals surface area contributed by atoms with Crippen molar-refractivity contribution in [2.24, 2.45) is 0 Å². The Morgan fingerprint density at radius 2 is 1.97 bits per heavy atom. The Kier molecular flexibility index (Phi) is 4.58. The Bertz CT molecular complexity index is 1210. The van der Waals surface area contributed by atoms with Gasteiger partial charge >= 0.3 is 6.08 Å². The molecule has 2 heterocycles. The van der Waals surface area contributed by atoms with E-state index in [0.29, 0.717) is 36.8 Å². The van der Waals surface area contributed by atoms with Crippen LogP contribution in [0.25, 0.3) is 0 Å². The molecule has 1 N–H and O–H groups in total. The first-order valence-corrected chi connectivity index (χ1v) is 11.2. The molecular weight excluding hydrogens is 451 g/mol. The molecule has 2 bridgehead atoms. The number of aromatic nitrogens is 3. The van der Waals surface area contributed by atoms with Crippen LogP contribution in [0.4, 0.5) is 4.39 Å². The van der Waals surface area contributed by atoms with E-state index in [2.05, 4.69) is 20.5 Å². The second kappa shape index (κ2) is 7.41. The van der Waals surface area contributed by atoms with Gasteiger partial charge in [-0.25, -0.2) is 4.39 Å². The van der Waals surface area contributed by atoms with Gasteiger partial charge in [-0.15, -0.1) is 5.10 Å². The predicted octanol–water partition coefficient (Wildman–Crippen LogP) is 4.30. The van der Waals surface area contributed by atoms with Crippen molar-refractivity contribution in [2.75, 3.05) is 6.61 Å². The van der Waals surface area contributed by atoms with E-state index in [1.807, 2.05) is 12.1 Å². The first-order chi connectivity index (χ1) is 15.9. The summed E-state index contributed by atoms with van der Waals surface area (Å²) in [4.78, 5) is 16.7. The lowest BCUT2D eigenvalue weighted by Gasteiger charge is -2.68. The molecule has 0 unspecified atom stereocenters. The summed E-state index contributed by atoms with van der Waals surface area (Å²) in [7, 11) is 0. The fourth-order valence-corrected chi connectivity index (χ4v) is 4.95. The van der Waals surface area contributed by atoms with Crippen molar-refractivity contribution in [3.05, 3.63) is 59.0 Å². The van der Waals surface area contributed by atoms with Crippen molar-refractivity contribution in [2.45, 2.75) is 49.0 Å². The lowest BCUT2D eigenvalue weighted by atomic mass is 9.39. The highest BCUT2D eigenvalue weighted by Gasteiger charge is 2.71. The molecule has 8 nitrogen and oxygen atoms in total. The number of amides is 1. The second-order valence-corrected chi connectivity index (χ2v) is 9.58. The maximum Gasteiger partial charge on any atom is 0.420 e. The van der Waals surface area contributed by atoms with Crippen molar-refractivity contribution in [1.29, 1.82) is 0 Å². The molecule has 0 atom stereocenters. The van der Waals surface area contributed by atoms with Crippen molar-refractivity contribution in [3.63, 3.8) is 0 Å². The first-order valence-electron chi connectivity index (χ1n) is 10.8. The largest absolute Gasteiger partial charge is 0.484 e. The van der Waals surface area contributed by atoms with Crippen LogP contribution in [0.1, 0.15) is 49.6 Å². The quantitative estimate of drug-likeness (QED) is 0.524. The highest BCUT2D eigenvalue weighted by molar-refractivity contribution is 6.30. The van der Waals surface area contributed by atoms with Crippen LogP contribution in [0.2, 0.25) is 5.02 Å². The van der Waals surface area contributed by atoms with Gasteiger partial charge in [0.1, 0.15) is 11.6 Å². The van der Waals surface area contributed by atoms with Crippen molar-refractivity contribution >= 4 is 17.5 Å². The molecule has 0 spiro atoms. The average Bonchev–Trinajstić information content (AvgIpc) is 3.50. The zero-order chi connectivity index (χ0) is 22.6. The zero-order valence-electron chi connectivity index (χ0n) is 17.5. The Morgan fingerprint density at radius 1 is 1.18 bits per heavy atom. The lowest BCUT2D eigenvalue weighted by molar-refractivity contribution is -0.143. The fourth-order valence-electron chi connectivity index (χ4n) is 4.83. The normalized spacial score (nSPS) is 25.0. The Labute approximate surface area is 193 Å². The molecule has 10 heteroatoms. The molecule has 0 radical (unpaired) electrons. The fraction of sp³-hybridized carbons (Fsp3) is 0.391. The van der Waals surface area contributed by atoms with Crippen LogP contribution in [0.15, 0.2) is 40.9 Å². The molecular formula is C23H20ClFN4O4. The number of benzene rings is 1. The number of carbonyl (C=O) groups is 1. The predicted molar refractivity (Wildman–Crippen MR) is 114 cm³/mol. The Hall–Kier alpha value is -3.20. The third kappa shape index (κ3) is 3.80. The number of carbonyl (C=O) groups excluding carboxylic acids is 1. The van der Waals surface area contributed by atoms with Gasteiger partial charge in [0.2, 0.25) is 5.89 Å². The van der Waals surface area contributed by atoms with Gasteiger partial charge in [-0.1, -0.05) is 16.7 Å². The Morgan fingerprint density at radius 3 is 2.67 bits per heavy atom. The van der Waals surface area contributed by atoms with E-state index in [1.54, 1.807) is 6.20 Å². The number of rotatable bonds is 8. The summed E-state index contributed by atoms with van der Waals surface area (Å²) >= 11 is 5.65. The molecule has 2 aromatic heterocycles. The number of pyridine rings is 1. The molecule has 0 aliphatic heterocycles. The average molecular weight is 471 g/mol. The molecule has 4 fully saturated rings. The first kappa shape index (κ1) is 20.4. The van der Waals surface area contributed by atoms with Gasteiger partial charge in [0, 0.05) is 23.2 Å². The van der Waals surface area contributed by atoms with Gasteiger partial charge in [0.15, 0.2) is 12.4 Å². The van der Waals surface area contributed by atoms with E-state index in [0.717, 1.165) is 11.8 Å². The summed E-state index contributed by atoms with van der Waals surface area (Å²) in [6, 6.07) is 7.87. The van der Waals surface area contributed by atoms with Gasteiger partial charge < -0.3 is 19.2 Å². The van der Waals surface area contributed by atoms with E-state index in [1.165, 1.54) is 25.0 Å². The highest BCUT2D eigenvalue weighted by atomic mass is 35.5. The van der Waals surface area contributed by atoms with Gasteiger partial charge in [0.05, 0.1) is 16.6 Å². The molecule has 4 aliphatic rings. The summed E-state index contributed by atoms with van der Waals surface area (Å²) in [6.45, 7) is -0.206. The maximum atomic E-state index is 13.5. The van der Waals surface area contributed by atoms with Gasteiger partial charge in [-0.3, -0.25) is 9.78 Å². The van der Waals surface area contributed by atoms with Gasteiger partial charge in [-0.2, -0.15) is 0 Å². The zero-order valence-corrected chi connectivity index (χ0v) is 18.3. The van der Waals surface area contributed by atoms with Crippen LogP contribution in [0, 0.1) is 5.82 Å². The number of nitrogens with zero attached hydrogens (tertiary/aromatic N) is 3. The molecule has 0 saturated heterocycles. The molecule has 1 aromatic carbocycles. The lowest BCUT2D eigenvalue weighted by Crippen LogP contribution is -2.77. The number of hydrogen-bond donors (Lipinski definition) is 1. The van der Waals surface area contributed by atoms with E-state index in [9.17, 15) is 9.18 Å². The van der Waals surface area contributed by atoms with Crippen molar-refractivity contribution in [3.8, 4) is 17.6 Å².